The first-order chi connectivity index (χ1) is 8.75. The predicted molar refractivity (Wildman–Crippen MR) is 71.1 cm³/mol. The maximum atomic E-state index is 12.4. The van der Waals surface area contributed by atoms with Crippen LogP contribution in [0.1, 0.15) is 33.0 Å². The Morgan fingerprint density at radius 3 is 2.74 bits per heavy atom. The van der Waals surface area contributed by atoms with Crippen molar-refractivity contribution in [1.29, 1.82) is 0 Å². The standard InChI is InChI=1S/C12H21N3O3S/c1-4-10-13-7-11(14-10)19(17,18)15-6-5-9(8-15)12(2,3)16/h7,9,16H,4-6,8H2,1-3H3,(H,13,14). The zero-order valence-corrected chi connectivity index (χ0v) is 12.4. The fourth-order valence-corrected chi connectivity index (χ4v) is 3.75. The molecule has 2 N–H and O–H groups in total. The molecule has 0 bridgehead atoms. The molecule has 2 rings (SSSR count). The van der Waals surface area contributed by atoms with Crippen LogP contribution < -0.4 is 0 Å². The summed E-state index contributed by atoms with van der Waals surface area (Å²) in [5, 5.41) is 10.1. The average molecular weight is 287 g/mol. The van der Waals surface area contributed by atoms with Crippen LogP contribution in [0.15, 0.2) is 11.2 Å². The lowest BCUT2D eigenvalue weighted by atomic mass is 9.91. The molecule has 6 nitrogen and oxygen atoms in total. The summed E-state index contributed by atoms with van der Waals surface area (Å²) in [5.41, 5.74) is -0.854. The van der Waals surface area contributed by atoms with Gasteiger partial charge in [-0.05, 0) is 20.3 Å². The van der Waals surface area contributed by atoms with Gasteiger partial charge in [-0.2, -0.15) is 4.31 Å². The fourth-order valence-electron chi connectivity index (χ4n) is 2.32. The lowest BCUT2D eigenvalue weighted by Crippen LogP contribution is -2.35. The minimum absolute atomic E-state index is 0.0316. The average Bonchev–Trinajstić information content (AvgIpc) is 2.98. The number of hydrogen-bond donors (Lipinski definition) is 2. The number of aliphatic hydroxyl groups is 1. The van der Waals surface area contributed by atoms with Gasteiger partial charge in [0.15, 0.2) is 5.03 Å². The van der Waals surface area contributed by atoms with E-state index in [-0.39, 0.29) is 10.9 Å². The van der Waals surface area contributed by atoms with Crippen LogP contribution in [0.3, 0.4) is 0 Å². The van der Waals surface area contributed by atoms with E-state index in [0.29, 0.717) is 31.8 Å². The second-order valence-corrected chi connectivity index (χ2v) is 7.46. The van der Waals surface area contributed by atoms with E-state index in [1.165, 1.54) is 10.5 Å². The molecule has 1 atom stereocenters. The first-order valence-electron chi connectivity index (χ1n) is 6.51. The highest BCUT2D eigenvalue weighted by Crippen LogP contribution is 2.30. The van der Waals surface area contributed by atoms with Gasteiger partial charge < -0.3 is 10.1 Å². The van der Waals surface area contributed by atoms with Gasteiger partial charge in [0.25, 0.3) is 10.0 Å². The van der Waals surface area contributed by atoms with Crippen LogP contribution in [0, 0.1) is 5.92 Å². The zero-order valence-electron chi connectivity index (χ0n) is 11.5. The number of hydrogen-bond acceptors (Lipinski definition) is 4. The molecular weight excluding hydrogens is 266 g/mol. The monoisotopic (exact) mass is 287 g/mol. The smallest absolute Gasteiger partial charge is 0.260 e. The summed E-state index contributed by atoms with van der Waals surface area (Å²) in [6.45, 7) is 6.15. The summed E-state index contributed by atoms with van der Waals surface area (Å²) in [5.74, 6) is 0.632. The highest BCUT2D eigenvalue weighted by atomic mass is 32.2. The Bertz CT molecular complexity index is 545. The normalized spacial score (nSPS) is 22.0. The lowest BCUT2D eigenvalue weighted by Gasteiger charge is -2.25. The molecule has 1 aromatic rings. The van der Waals surface area contributed by atoms with Crippen molar-refractivity contribution in [2.24, 2.45) is 5.92 Å². The summed E-state index contributed by atoms with van der Waals surface area (Å²) in [6.07, 6.45) is 2.71. The molecular formula is C12H21N3O3S. The van der Waals surface area contributed by atoms with Crippen LogP contribution in [0.5, 0.6) is 0 Å². The van der Waals surface area contributed by atoms with Crippen molar-refractivity contribution in [3.05, 3.63) is 12.0 Å². The summed E-state index contributed by atoms with van der Waals surface area (Å²) >= 11 is 0. The minimum Gasteiger partial charge on any atom is -0.390 e. The molecule has 1 saturated heterocycles. The maximum Gasteiger partial charge on any atom is 0.260 e. The number of nitrogens with zero attached hydrogens (tertiary/aromatic N) is 2. The second-order valence-electron chi connectivity index (χ2n) is 5.55. The topological polar surface area (TPSA) is 86.3 Å². The first-order valence-corrected chi connectivity index (χ1v) is 7.95. The summed E-state index contributed by atoms with van der Waals surface area (Å²) in [7, 11) is -3.52. The molecule has 1 unspecified atom stereocenters. The molecule has 1 aliphatic rings. The van der Waals surface area contributed by atoms with Gasteiger partial charge in [-0.15, -0.1) is 0 Å². The van der Waals surface area contributed by atoms with E-state index in [9.17, 15) is 13.5 Å². The molecule has 0 radical (unpaired) electrons. The SMILES string of the molecule is CCc1ncc(S(=O)(=O)N2CCC(C(C)(C)O)C2)[nH]1. The zero-order chi connectivity index (χ0) is 14.3. The minimum atomic E-state index is -3.52. The number of aryl methyl sites for hydroxylation is 1. The molecule has 1 aromatic heterocycles. The lowest BCUT2D eigenvalue weighted by molar-refractivity contribution is 0.0236. The Labute approximate surface area is 113 Å². The molecule has 7 heteroatoms. The number of sulfonamides is 1. The first kappa shape index (κ1) is 14.5. The third-order valence-electron chi connectivity index (χ3n) is 3.71. The van der Waals surface area contributed by atoms with E-state index < -0.39 is 15.6 Å². The quantitative estimate of drug-likeness (QED) is 0.855. The number of rotatable bonds is 4. The molecule has 19 heavy (non-hydrogen) atoms. The number of aromatic amines is 1. The molecule has 0 aliphatic carbocycles. The van der Waals surface area contributed by atoms with Crippen LogP contribution in [-0.4, -0.2) is 46.5 Å². The van der Waals surface area contributed by atoms with Crippen molar-refractivity contribution in [1.82, 2.24) is 14.3 Å². The maximum absolute atomic E-state index is 12.4. The van der Waals surface area contributed by atoms with E-state index in [0.717, 1.165) is 0 Å². The third-order valence-corrected chi connectivity index (χ3v) is 5.48. The highest BCUT2D eigenvalue weighted by molar-refractivity contribution is 7.89. The molecule has 0 spiro atoms. The van der Waals surface area contributed by atoms with Crippen LogP contribution in [0.4, 0.5) is 0 Å². The molecule has 0 amide bonds. The molecule has 1 fully saturated rings. The number of nitrogens with one attached hydrogen (secondary N) is 1. The van der Waals surface area contributed by atoms with Gasteiger partial charge in [0.1, 0.15) is 5.82 Å². The van der Waals surface area contributed by atoms with Gasteiger partial charge in [-0.3, -0.25) is 0 Å². The number of aromatic nitrogens is 2. The number of H-pyrrole nitrogens is 1. The summed E-state index contributed by atoms with van der Waals surface area (Å²) < 4.78 is 26.2. The van der Waals surface area contributed by atoms with Gasteiger partial charge in [0.05, 0.1) is 11.8 Å². The van der Waals surface area contributed by atoms with E-state index >= 15 is 0 Å². The molecule has 0 saturated carbocycles. The van der Waals surface area contributed by atoms with Gasteiger partial charge >= 0.3 is 0 Å². The van der Waals surface area contributed by atoms with E-state index in [4.69, 9.17) is 0 Å². The van der Waals surface area contributed by atoms with Gasteiger partial charge in [-0.1, -0.05) is 6.92 Å². The van der Waals surface area contributed by atoms with Crippen molar-refractivity contribution < 1.29 is 13.5 Å². The van der Waals surface area contributed by atoms with Gasteiger partial charge in [0.2, 0.25) is 0 Å². The Hall–Kier alpha value is -0.920. The Kier molecular flexibility index (Phi) is 3.72. The van der Waals surface area contributed by atoms with Crippen molar-refractivity contribution in [2.45, 2.75) is 44.2 Å². The Morgan fingerprint density at radius 2 is 2.26 bits per heavy atom. The van der Waals surface area contributed by atoms with Crippen molar-refractivity contribution in [3.8, 4) is 0 Å². The van der Waals surface area contributed by atoms with Crippen molar-refractivity contribution in [2.75, 3.05) is 13.1 Å². The van der Waals surface area contributed by atoms with Crippen LogP contribution >= 0.6 is 0 Å². The van der Waals surface area contributed by atoms with Crippen LogP contribution in [0.2, 0.25) is 0 Å². The molecule has 2 heterocycles. The van der Waals surface area contributed by atoms with Gasteiger partial charge in [0, 0.05) is 25.4 Å². The molecule has 0 aromatic carbocycles. The highest BCUT2D eigenvalue weighted by Gasteiger charge is 2.39. The van der Waals surface area contributed by atoms with Gasteiger partial charge in [-0.25, -0.2) is 13.4 Å². The molecule has 1 aliphatic heterocycles. The summed E-state index contributed by atoms with van der Waals surface area (Å²) in [6, 6.07) is 0. The van der Waals surface area contributed by atoms with Crippen molar-refractivity contribution in [3.63, 3.8) is 0 Å². The predicted octanol–water partition coefficient (Wildman–Crippen LogP) is 0.754. The Balaban J connectivity index is 2.18. The van der Waals surface area contributed by atoms with E-state index in [2.05, 4.69) is 9.97 Å². The fraction of sp³-hybridized carbons (Fsp3) is 0.750. The van der Waals surface area contributed by atoms with E-state index in [1.807, 2.05) is 6.92 Å². The van der Waals surface area contributed by atoms with E-state index in [1.54, 1.807) is 13.8 Å². The summed E-state index contributed by atoms with van der Waals surface area (Å²) in [4.78, 5) is 6.86. The number of imidazole rings is 1. The largest absolute Gasteiger partial charge is 0.390 e. The third kappa shape index (κ3) is 2.82. The van der Waals surface area contributed by atoms with Crippen LogP contribution in [-0.2, 0) is 16.4 Å². The van der Waals surface area contributed by atoms with Crippen molar-refractivity contribution >= 4 is 10.0 Å². The second kappa shape index (κ2) is 4.88. The Morgan fingerprint density at radius 1 is 1.58 bits per heavy atom. The molecule has 108 valence electrons. The van der Waals surface area contributed by atoms with Crippen LogP contribution in [0.25, 0.3) is 0 Å².